The van der Waals surface area contributed by atoms with E-state index in [2.05, 4.69) is 33.0 Å². The van der Waals surface area contributed by atoms with Crippen molar-refractivity contribution in [2.75, 3.05) is 17.2 Å². The van der Waals surface area contributed by atoms with Crippen LogP contribution < -0.4 is 10.6 Å². The lowest BCUT2D eigenvalue weighted by atomic mass is 10.1. The fraction of sp³-hybridized carbons (Fsp3) is 0.190. The van der Waals surface area contributed by atoms with Crippen molar-refractivity contribution in [1.29, 1.82) is 0 Å². The van der Waals surface area contributed by atoms with Crippen molar-refractivity contribution in [2.24, 2.45) is 0 Å². The summed E-state index contributed by atoms with van der Waals surface area (Å²) in [6.45, 7) is 4.81. The highest BCUT2D eigenvalue weighted by Gasteiger charge is 2.09. The molecule has 1 aromatic heterocycles. The molecule has 0 spiro atoms. The largest absolute Gasteiger partial charge is 0.368 e. The molecule has 1 amide bonds. The van der Waals surface area contributed by atoms with E-state index in [1.807, 2.05) is 50.2 Å². The highest BCUT2D eigenvalue weighted by molar-refractivity contribution is 6.02. The van der Waals surface area contributed by atoms with Gasteiger partial charge in [-0.05, 0) is 61.2 Å². The number of nitrogens with zero attached hydrogens (tertiary/aromatic N) is 2. The van der Waals surface area contributed by atoms with Gasteiger partial charge in [0.05, 0.1) is 0 Å². The van der Waals surface area contributed by atoms with Gasteiger partial charge in [0.25, 0.3) is 5.91 Å². The summed E-state index contributed by atoms with van der Waals surface area (Å²) in [6, 6.07) is 19.5. The van der Waals surface area contributed by atoms with Gasteiger partial charge < -0.3 is 10.6 Å². The lowest BCUT2D eigenvalue weighted by molar-refractivity contribution is 0.102. The van der Waals surface area contributed by atoms with Crippen LogP contribution in [0.5, 0.6) is 0 Å². The van der Waals surface area contributed by atoms with Gasteiger partial charge in [-0.2, -0.15) is 0 Å². The zero-order valence-corrected chi connectivity index (χ0v) is 15.0. The molecule has 0 bridgehead atoms. The topological polar surface area (TPSA) is 66.9 Å². The van der Waals surface area contributed by atoms with E-state index in [0.717, 1.165) is 24.2 Å². The lowest BCUT2D eigenvalue weighted by Crippen LogP contribution is -2.15. The van der Waals surface area contributed by atoms with E-state index in [-0.39, 0.29) is 11.6 Å². The third kappa shape index (κ3) is 4.66. The molecule has 1 heterocycles. The predicted molar refractivity (Wildman–Crippen MR) is 105 cm³/mol. The van der Waals surface area contributed by atoms with E-state index in [0.29, 0.717) is 5.82 Å². The van der Waals surface area contributed by atoms with Gasteiger partial charge in [0.15, 0.2) is 5.69 Å². The van der Waals surface area contributed by atoms with E-state index in [1.54, 1.807) is 12.1 Å². The summed E-state index contributed by atoms with van der Waals surface area (Å²) in [7, 11) is 0. The van der Waals surface area contributed by atoms with E-state index in [9.17, 15) is 4.79 Å². The smallest absolute Gasteiger partial charge is 0.276 e. The van der Waals surface area contributed by atoms with Crippen molar-refractivity contribution in [1.82, 2.24) is 10.2 Å². The molecule has 26 heavy (non-hydrogen) atoms. The van der Waals surface area contributed by atoms with Crippen LogP contribution in [0.4, 0.5) is 11.5 Å². The van der Waals surface area contributed by atoms with Gasteiger partial charge in [-0.1, -0.05) is 36.4 Å². The maximum Gasteiger partial charge on any atom is 0.276 e. The summed E-state index contributed by atoms with van der Waals surface area (Å²) in [5.41, 5.74) is 4.62. The Morgan fingerprint density at radius 1 is 0.923 bits per heavy atom. The monoisotopic (exact) mass is 346 g/mol. The van der Waals surface area contributed by atoms with Crippen molar-refractivity contribution in [3.63, 3.8) is 0 Å². The van der Waals surface area contributed by atoms with Gasteiger partial charge in [-0.25, -0.2) is 0 Å². The molecule has 0 saturated heterocycles. The molecule has 0 saturated carbocycles. The Kier molecular flexibility index (Phi) is 5.59. The van der Waals surface area contributed by atoms with Gasteiger partial charge in [-0.3, -0.25) is 4.79 Å². The molecule has 132 valence electrons. The second-order valence-electron chi connectivity index (χ2n) is 6.22. The van der Waals surface area contributed by atoms with Crippen molar-refractivity contribution >= 4 is 17.4 Å². The summed E-state index contributed by atoms with van der Waals surface area (Å²) >= 11 is 0. The third-order valence-electron chi connectivity index (χ3n) is 4.22. The highest BCUT2D eigenvalue weighted by atomic mass is 16.1. The standard InChI is InChI=1S/C21H22N4O/c1-15-8-9-18(14-16(15)2)23-21(26)19-10-11-20(25-24-19)22-13-12-17-6-4-3-5-7-17/h3-11,14H,12-13H2,1-2H3,(H,22,25)(H,23,26). The number of carbonyl (C=O) groups is 1. The molecule has 0 aliphatic heterocycles. The normalized spacial score (nSPS) is 10.4. The van der Waals surface area contributed by atoms with Crippen LogP contribution in [0.15, 0.2) is 60.7 Å². The molecule has 2 N–H and O–H groups in total. The zero-order chi connectivity index (χ0) is 18.4. The number of rotatable bonds is 6. The summed E-state index contributed by atoms with van der Waals surface area (Å²) in [5.74, 6) is 0.389. The zero-order valence-electron chi connectivity index (χ0n) is 15.0. The second-order valence-corrected chi connectivity index (χ2v) is 6.22. The number of benzene rings is 2. The molecule has 5 heteroatoms. The van der Waals surface area contributed by atoms with Crippen LogP contribution >= 0.6 is 0 Å². The van der Waals surface area contributed by atoms with Crippen molar-refractivity contribution < 1.29 is 4.79 Å². The first-order chi connectivity index (χ1) is 12.6. The maximum absolute atomic E-state index is 12.3. The predicted octanol–water partition coefficient (Wildman–Crippen LogP) is 4.00. The number of aromatic nitrogens is 2. The number of amides is 1. The molecule has 0 fully saturated rings. The number of hydrogen-bond donors (Lipinski definition) is 2. The number of carbonyl (C=O) groups excluding carboxylic acids is 1. The number of aryl methyl sites for hydroxylation is 2. The van der Waals surface area contributed by atoms with E-state index >= 15 is 0 Å². The first-order valence-corrected chi connectivity index (χ1v) is 8.62. The molecular formula is C21H22N4O. The molecule has 3 rings (SSSR count). The molecule has 0 radical (unpaired) electrons. The van der Waals surface area contributed by atoms with Crippen LogP contribution in [0.3, 0.4) is 0 Å². The number of anilines is 2. The molecule has 0 atom stereocenters. The number of nitrogens with one attached hydrogen (secondary N) is 2. The summed E-state index contributed by atoms with van der Waals surface area (Å²) < 4.78 is 0. The Morgan fingerprint density at radius 3 is 2.42 bits per heavy atom. The Hall–Kier alpha value is -3.21. The van der Waals surface area contributed by atoms with Crippen molar-refractivity contribution in [3.05, 3.63) is 83.0 Å². The average Bonchev–Trinajstić information content (AvgIpc) is 2.66. The summed E-state index contributed by atoms with van der Waals surface area (Å²) in [5, 5.41) is 14.2. The van der Waals surface area contributed by atoms with Gasteiger partial charge in [0, 0.05) is 12.2 Å². The lowest BCUT2D eigenvalue weighted by Gasteiger charge is -2.08. The fourth-order valence-corrected chi connectivity index (χ4v) is 2.54. The minimum Gasteiger partial charge on any atom is -0.368 e. The molecule has 5 nitrogen and oxygen atoms in total. The van der Waals surface area contributed by atoms with Crippen LogP contribution in [0.25, 0.3) is 0 Å². The van der Waals surface area contributed by atoms with Gasteiger partial charge in [-0.15, -0.1) is 10.2 Å². The third-order valence-corrected chi connectivity index (χ3v) is 4.22. The molecule has 2 aromatic carbocycles. The van der Waals surface area contributed by atoms with Gasteiger partial charge in [0.2, 0.25) is 0 Å². The quantitative estimate of drug-likeness (QED) is 0.708. The van der Waals surface area contributed by atoms with E-state index < -0.39 is 0 Å². The summed E-state index contributed by atoms with van der Waals surface area (Å²) in [6.07, 6.45) is 0.900. The Labute approximate surface area is 153 Å². The highest BCUT2D eigenvalue weighted by Crippen LogP contribution is 2.15. The van der Waals surface area contributed by atoms with E-state index in [4.69, 9.17) is 0 Å². The van der Waals surface area contributed by atoms with E-state index in [1.165, 1.54) is 11.1 Å². The average molecular weight is 346 g/mol. The minimum absolute atomic E-state index is 0.267. The Balaban J connectivity index is 1.54. The first kappa shape index (κ1) is 17.6. The molecule has 0 unspecified atom stereocenters. The van der Waals surface area contributed by atoms with Gasteiger partial charge in [0.1, 0.15) is 5.82 Å². The molecule has 0 aliphatic rings. The van der Waals surface area contributed by atoms with Crippen LogP contribution in [0.1, 0.15) is 27.2 Å². The minimum atomic E-state index is -0.267. The molecule has 3 aromatic rings. The Bertz CT molecular complexity index is 876. The first-order valence-electron chi connectivity index (χ1n) is 8.62. The van der Waals surface area contributed by atoms with Crippen molar-refractivity contribution in [2.45, 2.75) is 20.3 Å². The van der Waals surface area contributed by atoms with Crippen LogP contribution in [-0.4, -0.2) is 22.6 Å². The van der Waals surface area contributed by atoms with Crippen LogP contribution in [-0.2, 0) is 6.42 Å². The SMILES string of the molecule is Cc1ccc(NC(=O)c2ccc(NCCc3ccccc3)nn2)cc1C. The van der Waals surface area contributed by atoms with Crippen LogP contribution in [0.2, 0.25) is 0 Å². The van der Waals surface area contributed by atoms with Crippen molar-refractivity contribution in [3.8, 4) is 0 Å². The fourth-order valence-electron chi connectivity index (χ4n) is 2.54. The number of hydrogen-bond acceptors (Lipinski definition) is 4. The molecular weight excluding hydrogens is 324 g/mol. The Morgan fingerprint density at radius 2 is 1.73 bits per heavy atom. The maximum atomic E-state index is 12.3. The van der Waals surface area contributed by atoms with Crippen LogP contribution in [0, 0.1) is 13.8 Å². The molecule has 0 aliphatic carbocycles. The second kappa shape index (κ2) is 8.25. The van der Waals surface area contributed by atoms with Gasteiger partial charge >= 0.3 is 0 Å². The summed E-state index contributed by atoms with van der Waals surface area (Å²) in [4.78, 5) is 12.3.